The van der Waals surface area contributed by atoms with Crippen molar-refractivity contribution in [3.8, 4) is 0 Å². The number of anilines is 3. The van der Waals surface area contributed by atoms with Gasteiger partial charge in [-0.05, 0) is 37.1 Å². The molecule has 110 valence electrons. The van der Waals surface area contributed by atoms with Crippen LogP contribution in [0.2, 0.25) is 0 Å². The van der Waals surface area contributed by atoms with Crippen molar-refractivity contribution in [2.75, 3.05) is 10.7 Å². The van der Waals surface area contributed by atoms with Crippen molar-refractivity contribution >= 4 is 38.9 Å². The SMILES string of the molecule is Cc1cc(Nc2cc([N+](=O)[O-])cc(NN)n2)cc(C)c1Br. The first-order valence-corrected chi connectivity index (χ1v) is 6.87. The molecule has 0 radical (unpaired) electrons. The van der Waals surface area contributed by atoms with Crippen molar-refractivity contribution in [1.82, 2.24) is 4.98 Å². The first kappa shape index (κ1) is 15.2. The third kappa shape index (κ3) is 3.47. The lowest BCUT2D eigenvalue weighted by Crippen LogP contribution is -2.10. The number of rotatable bonds is 4. The van der Waals surface area contributed by atoms with Crippen LogP contribution in [-0.2, 0) is 0 Å². The van der Waals surface area contributed by atoms with Crippen LogP contribution in [-0.4, -0.2) is 9.91 Å². The highest BCUT2D eigenvalue weighted by Crippen LogP contribution is 2.28. The largest absolute Gasteiger partial charge is 0.340 e. The normalized spacial score (nSPS) is 10.3. The monoisotopic (exact) mass is 351 g/mol. The van der Waals surface area contributed by atoms with Crippen molar-refractivity contribution in [1.29, 1.82) is 0 Å². The maximum Gasteiger partial charge on any atom is 0.276 e. The Kier molecular flexibility index (Phi) is 4.39. The van der Waals surface area contributed by atoms with Crippen LogP contribution >= 0.6 is 15.9 Å². The van der Waals surface area contributed by atoms with Crippen molar-refractivity contribution in [2.45, 2.75) is 13.8 Å². The number of hydrogen-bond acceptors (Lipinski definition) is 6. The van der Waals surface area contributed by atoms with E-state index >= 15 is 0 Å². The second-order valence-corrected chi connectivity index (χ2v) is 5.34. The van der Waals surface area contributed by atoms with Gasteiger partial charge in [-0.25, -0.2) is 10.8 Å². The molecule has 1 aromatic carbocycles. The van der Waals surface area contributed by atoms with Gasteiger partial charge in [0.25, 0.3) is 5.69 Å². The van der Waals surface area contributed by atoms with E-state index in [1.807, 2.05) is 26.0 Å². The Bertz CT molecular complexity index is 682. The van der Waals surface area contributed by atoms with Gasteiger partial charge in [-0.15, -0.1) is 0 Å². The van der Waals surface area contributed by atoms with E-state index in [-0.39, 0.29) is 11.5 Å². The summed E-state index contributed by atoms with van der Waals surface area (Å²) < 4.78 is 1.03. The number of aryl methyl sites for hydroxylation is 2. The van der Waals surface area contributed by atoms with Gasteiger partial charge in [-0.1, -0.05) is 15.9 Å². The number of halogens is 1. The second-order valence-electron chi connectivity index (χ2n) is 4.55. The third-order valence-corrected chi connectivity index (χ3v) is 4.13. The molecule has 2 rings (SSSR count). The molecule has 1 aromatic heterocycles. The Labute approximate surface area is 129 Å². The Morgan fingerprint density at radius 2 is 1.76 bits per heavy atom. The van der Waals surface area contributed by atoms with Crippen LogP contribution in [0.1, 0.15) is 11.1 Å². The molecule has 0 saturated heterocycles. The number of nitrogen functional groups attached to an aromatic ring is 1. The lowest BCUT2D eigenvalue weighted by Gasteiger charge is -2.11. The van der Waals surface area contributed by atoms with Crippen LogP contribution in [0.5, 0.6) is 0 Å². The summed E-state index contributed by atoms with van der Waals surface area (Å²) in [5.41, 5.74) is 5.13. The smallest absolute Gasteiger partial charge is 0.276 e. The molecule has 0 atom stereocenters. The average Bonchev–Trinajstić information content (AvgIpc) is 2.44. The van der Waals surface area contributed by atoms with Crippen LogP contribution in [0.15, 0.2) is 28.7 Å². The first-order chi connectivity index (χ1) is 9.90. The number of nitrogens with two attached hydrogens (primary N) is 1. The van der Waals surface area contributed by atoms with Gasteiger partial charge in [0.05, 0.1) is 17.1 Å². The van der Waals surface area contributed by atoms with E-state index in [1.165, 1.54) is 12.1 Å². The van der Waals surface area contributed by atoms with E-state index in [0.717, 1.165) is 21.3 Å². The lowest BCUT2D eigenvalue weighted by atomic mass is 10.1. The fraction of sp³-hybridized carbons (Fsp3) is 0.154. The van der Waals surface area contributed by atoms with Gasteiger partial charge >= 0.3 is 0 Å². The van der Waals surface area contributed by atoms with Gasteiger partial charge in [0.1, 0.15) is 11.6 Å². The molecule has 0 aliphatic carbocycles. The molecule has 0 spiro atoms. The first-order valence-electron chi connectivity index (χ1n) is 6.07. The highest BCUT2D eigenvalue weighted by atomic mass is 79.9. The summed E-state index contributed by atoms with van der Waals surface area (Å²) in [4.78, 5) is 14.6. The molecule has 0 saturated carbocycles. The Morgan fingerprint density at radius 3 is 2.29 bits per heavy atom. The molecular formula is C13H14BrN5O2. The molecule has 4 N–H and O–H groups in total. The zero-order valence-electron chi connectivity index (χ0n) is 11.5. The fourth-order valence-electron chi connectivity index (χ4n) is 1.93. The van der Waals surface area contributed by atoms with Crippen LogP contribution in [0, 0.1) is 24.0 Å². The van der Waals surface area contributed by atoms with Crippen LogP contribution in [0.4, 0.5) is 23.0 Å². The van der Waals surface area contributed by atoms with Crippen molar-refractivity contribution in [3.63, 3.8) is 0 Å². The van der Waals surface area contributed by atoms with Gasteiger partial charge in [-0.2, -0.15) is 0 Å². The molecule has 0 aliphatic heterocycles. The molecule has 8 heteroatoms. The van der Waals surface area contributed by atoms with E-state index in [9.17, 15) is 10.1 Å². The zero-order chi connectivity index (χ0) is 15.6. The molecule has 1 heterocycles. The number of hydrazine groups is 1. The maximum absolute atomic E-state index is 10.9. The van der Waals surface area contributed by atoms with Crippen molar-refractivity contribution in [2.24, 2.45) is 5.84 Å². The number of nitrogens with one attached hydrogen (secondary N) is 2. The van der Waals surface area contributed by atoms with Crippen LogP contribution < -0.4 is 16.6 Å². The molecule has 0 fully saturated rings. The predicted octanol–water partition coefficient (Wildman–Crippen LogP) is 3.40. The molecule has 7 nitrogen and oxygen atoms in total. The molecule has 2 aromatic rings. The fourth-order valence-corrected chi connectivity index (χ4v) is 2.15. The minimum absolute atomic E-state index is 0.0917. The molecule has 0 amide bonds. The lowest BCUT2D eigenvalue weighted by molar-refractivity contribution is -0.384. The summed E-state index contributed by atoms with van der Waals surface area (Å²) in [5.74, 6) is 5.85. The summed E-state index contributed by atoms with van der Waals surface area (Å²) in [6.07, 6.45) is 0. The van der Waals surface area contributed by atoms with Crippen molar-refractivity contribution in [3.05, 3.63) is 50.0 Å². The highest BCUT2D eigenvalue weighted by Gasteiger charge is 2.11. The standard InChI is InChI=1S/C13H14BrN5O2/c1-7-3-9(4-8(2)13(7)14)16-11-5-10(19(20)21)6-12(17-11)18-15/h3-6H,15H2,1-2H3,(H2,16,17,18). The van der Waals surface area contributed by atoms with E-state index in [1.54, 1.807) is 0 Å². The summed E-state index contributed by atoms with van der Waals surface area (Å²) in [6, 6.07) is 6.47. The Hall–Kier alpha value is -2.19. The topological polar surface area (TPSA) is 106 Å². The molecule has 0 unspecified atom stereocenters. The van der Waals surface area contributed by atoms with Gasteiger partial charge in [-0.3, -0.25) is 10.1 Å². The number of aromatic nitrogens is 1. The Morgan fingerprint density at radius 1 is 1.19 bits per heavy atom. The van der Waals surface area contributed by atoms with E-state index in [2.05, 4.69) is 31.7 Å². The van der Waals surface area contributed by atoms with Gasteiger partial charge in [0.15, 0.2) is 0 Å². The summed E-state index contributed by atoms with van der Waals surface area (Å²) in [5, 5.41) is 14.0. The Balaban J connectivity index is 2.39. The summed E-state index contributed by atoms with van der Waals surface area (Å²) in [7, 11) is 0. The number of benzene rings is 1. The van der Waals surface area contributed by atoms with E-state index in [0.29, 0.717) is 5.82 Å². The van der Waals surface area contributed by atoms with Crippen LogP contribution in [0.3, 0.4) is 0 Å². The third-order valence-electron chi connectivity index (χ3n) is 2.88. The minimum Gasteiger partial charge on any atom is -0.340 e. The van der Waals surface area contributed by atoms with E-state index < -0.39 is 4.92 Å². The molecular weight excluding hydrogens is 338 g/mol. The number of pyridine rings is 1. The maximum atomic E-state index is 10.9. The summed E-state index contributed by atoms with van der Waals surface area (Å²) >= 11 is 3.49. The van der Waals surface area contributed by atoms with Gasteiger partial charge < -0.3 is 10.7 Å². The summed E-state index contributed by atoms with van der Waals surface area (Å²) in [6.45, 7) is 3.94. The number of hydrogen-bond donors (Lipinski definition) is 3. The zero-order valence-corrected chi connectivity index (χ0v) is 13.1. The number of nitrogens with zero attached hydrogens (tertiary/aromatic N) is 2. The number of nitro groups is 1. The molecule has 0 bridgehead atoms. The second kappa shape index (κ2) is 6.06. The van der Waals surface area contributed by atoms with E-state index in [4.69, 9.17) is 5.84 Å². The molecule has 0 aliphatic rings. The highest BCUT2D eigenvalue weighted by molar-refractivity contribution is 9.10. The predicted molar refractivity (Wildman–Crippen MR) is 85.6 cm³/mol. The molecule has 21 heavy (non-hydrogen) atoms. The van der Waals surface area contributed by atoms with Gasteiger partial charge in [0, 0.05) is 10.2 Å². The van der Waals surface area contributed by atoms with Gasteiger partial charge in [0.2, 0.25) is 0 Å². The van der Waals surface area contributed by atoms with Crippen molar-refractivity contribution < 1.29 is 4.92 Å². The minimum atomic E-state index is -0.494. The van der Waals surface area contributed by atoms with Crippen LogP contribution in [0.25, 0.3) is 0 Å². The average molecular weight is 352 g/mol. The quantitative estimate of drug-likeness (QED) is 0.442.